The molecule has 1 amide bonds. The third-order valence-electron chi connectivity index (χ3n) is 4.16. The molecule has 2 heterocycles. The molecule has 0 bridgehead atoms. The van der Waals surface area contributed by atoms with Gasteiger partial charge in [0.2, 0.25) is 11.9 Å². The summed E-state index contributed by atoms with van der Waals surface area (Å²) in [5, 5.41) is 0. The number of nitrogens with zero attached hydrogens (tertiary/aromatic N) is 3. The van der Waals surface area contributed by atoms with Gasteiger partial charge in [-0.2, -0.15) is 0 Å². The molecule has 1 fully saturated rings. The lowest BCUT2D eigenvalue weighted by Gasteiger charge is -2.32. The van der Waals surface area contributed by atoms with Crippen molar-refractivity contribution in [2.24, 2.45) is 0 Å². The van der Waals surface area contributed by atoms with Crippen LogP contribution in [0.15, 0.2) is 12.4 Å². The van der Waals surface area contributed by atoms with E-state index in [9.17, 15) is 4.79 Å². The Kier molecular flexibility index (Phi) is 4.80. The third-order valence-corrected chi connectivity index (χ3v) is 4.39. The summed E-state index contributed by atoms with van der Waals surface area (Å²) in [5.74, 6) is -0.00290. The van der Waals surface area contributed by atoms with E-state index in [1.807, 2.05) is 34.6 Å². The molecule has 0 N–H and O–H groups in total. The molecule has 0 spiro atoms. The Morgan fingerprint density at radius 1 is 1.23 bits per heavy atom. The number of aromatic nitrogens is 2. The van der Waals surface area contributed by atoms with E-state index in [1.165, 1.54) is 4.90 Å². The highest BCUT2D eigenvalue weighted by molar-refractivity contribution is 6.61. The van der Waals surface area contributed by atoms with Gasteiger partial charge in [0.05, 0.1) is 11.2 Å². The van der Waals surface area contributed by atoms with Gasteiger partial charge in [-0.15, -0.1) is 11.6 Å². The molecular weight excluding hydrogens is 304 g/mol. The van der Waals surface area contributed by atoms with Crippen LogP contribution in [0.5, 0.6) is 0 Å². The van der Waals surface area contributed by atoms with E-state index in [-0.39, 0.29) is 11.8 Å². The fraction of sp³-hybridized carbons (Fsp3) is 0.643. The van der Waals surface area contributed by atoms with E-state index < -0.39 is 18.3 Å². The molecule has 0 saturated carbocycles. The van der Waals surface area contributed by atoms with Crippen LogP contribution in [-0.4, -0.2) is 46.6 Å². The molecule has 1 aromatic heterocycles. The van der Waals surface area contributed by atoms with Crippen molar-refractivity contribution >= 4 is 36.0 Å². The van der Waals surface area contributed by atoms with E-state index in [2.05, 4.69) is 9.97 Å². The predicted octanol–water partition coefficient (Wildman–Crippen LogP) is 1.37. The van der Waals surface area contributed by atoms with Gasteiger partial charge in [-0.1, -0.05) is 0 Å². The molecule has 0 aliphatic carbocycles. The second kappa shape index (κ2) is 6.14. The van der Waals surface area contributed by atoms with Gasteiger partial charge in [0.15, 0.2) is 0 Å². The van der Waals surface area contributed by atoms with E-state index >= 15 is 0 Å². The molecule has 0 radical (unpaired) electrons. The van der Waals surface area contributed by atoms with E-state index in [0.29, 0.717) is 12.5 Å². The van der Waals surface area contributed by atoms with Crippen molar-refractivity contribution in [2.45, 2.75) is 45.8 Å². The van der Waals surface area contributed by atoms with Gasteiger partial charge in [0, 0.05) is 24.4 Å². The number of hydrogen-bond donors (Lipinski definition) is 0. The fourth-order valence-corrected chi connectivity index (χ4v) is 2.22. The Morgan fingerprint density at radius 2 is 1.73 bits per heavy atom. The molecule has 120 valence electrons. The van der Waals surface area contributed by atoms with Gasteiger partial charge in [-0.05, 0) is 34.6 Å². The highest BCUT2D eigenvalue weighted by Gasteiger charge is 2.51. The van der Waals surface area contributed by atoms with Gasteiger partial charge < -0.3 is 9.31 Å². The number of anilines is 1. The Balaban J connectivity index is 2.18. The summed E-state index contributed by atoms with van der Waals surface area (Å²) in [7, 11) is -0.516. The van der Waals surface area contributed by atoms with Crippen LogP contribution < -0.4 is 10.4 Å². The van der Waals surface area contributed by atoms with Gasteiger partial charge in [0.1, 0.15) is 5.88 Å². The SMILES string of the molecule is CCN(C(=O)CCl)c1ncc(B2OC(C)(C)C(C)(C)O2)cn1. The van der Waals surface area contributed by atoms with Crippen molar-refractivity contribution in [1.29, 1.82) is 0 Å². The molecule has 1 aromatic rings. The zero-order chi connectivity index (χ0) is 16.5. The Bertz CT molecular complexity index is 535. The van der Waals surface area contributed by atoms with Crippen LogP contribution in [0, 0.1) is 0 Å². The summed E-state index contributed by atoms with van der Waals surface area (Å²) < 4.78 is 11.9. The number of hydrogen-bond acceptors (Lipinski definition) is 5. The first kappa shape index (κ1) is 17.2. The maximum absolute atomic E-state index is 11.7. The first-order valence-corrected chi connectivity index (χ1v) is 7.79. The lowest BCUT2D eigenvalue weighted by Crippen LogP contribution is -2.41. The van der Waals surface area contributed by atoms with Gasteiger partial charge in [-0.3, -0.25) is 9.69 Å². The van der Waals surface area contributed by atoms with Crippen LogP contribution in [0.4, 0.5) is 5.95 Å². The number of carbonyl (C=O) groups is 1. The molecule has 1 aliphatic rings. The van der Waals surface area contributed by atoms with Crippen LogP contribution in [0.3, 0.4) is 0 Å². The highest BCUT2D eigenvalue weighted by atomic mass is 35.5. The van der Waals surface area contributed by atoms with Crippen LogP contribution in [0.1, 0.15) is 34.6 Å². The maximum atomic E-state index is 11.7. The zero-order valence-corrected chi connectivity index (χ0v) is 14.3. The summed E-state index contributed by atoms with van der Waals surface area (Å²) >= 11 is 5.59. The number of amides is 1. The van der Waals surface area contributed by atoms with Crippen molar-refractivity contribution < 1.29 is 14.1 Å². The Morgan fingerprint density at radius 3 is 2.14 bits per heavy atom. The predicted molar refractivity (Wildman–Crippen MR) is 86.5 cm³/mol. The van der Waals surface area contributed by atoms with Crippen molar-refractivity contribution in [1.82, 2.24) is 9.97 Å². The average molecular weight is 326 g/mol. The second-order valence-corrected chi connectivity index (χ2v) is 6.44. The van der Waals surface area contributed by atoms with E-state index in [1.54, 1.807) is 12.4 Å². The van der Waals surface area contributed by atoms with Crippen molar-refractivity contribution in [3.63, 3.8) is 0 Å². The number of rotatable bonds is 4. The van der Waals surface area contributed by atoms with Crippen molar-refractivity contribution in [2.75, 3.05) is 17.3 Å². The molecule has 1 saturated heterocycles. The lowest BCUT2D eigenvalue weighted by atomic mass is 9.81. The van der Waals surface area contributed by atoms with Crippen LogP contribution in [0.25, 0.3) is 0 Å². The van der Waals surface area contributed by atoms with E-state index in [0.717, 1.165) is 5.46 Å². The molecule has 6 nitrogen and oxygen atoms in total. The third kappa shape index (κ3) is 3.11. The molecule has 0 unspecified atom stereocenters. The maximum Gasteiger partial charge on any atom is 0.498 e. The normalized spacial score (nSPS) is 19.3. The van der Waals surface area contributed by atoms with Crippen LogP contribution >= 0.6 is 11.6 Å². The largest absolute Gasteiger partial charge is 0.498 e. The summed E-state index contributed by atoms with van der Waals surface area (Å²) in [6.45, 7) is 10.2. The Labute approximate surface area is 136 Å². The van der Waals surface area contributed by atoms with Gasteiger partial charge in [-0.25, -0.2) is 9.97 Å². The van der Waals surface area contributed by atoms with Crippen molar-refractivity contribution in [3.8, 4) is 0 Å². The Hall–Kier alpha value is -1.18. The standard InChI is InChI=1S/C14H21BClN3O3/c1-6-19(11(20)7-16)12-17-8-10(9-18-12)15-21-13(2,3)14(4,5)22-15/h8-9H,6-7H2,1-5H3. The molecule has 22 heavy (non-hydrogen) atoms. The molecule has 0 atom stereocenters. The second-order valence-electron chi connectivity index (χ2n) is 6.18. The first-order chi connectivity index (χ1) is 10.2. The van der Waals surface area contributed by atoms with Crippen molar-refractivity contribution in [3.05, 3.63) is 12.4 Å². The number of alkyl halides is 1. The number of halogens is 1. The summed E-state index contributed by atoms with van der Waals surface area (Å²) in [5.41, 5.74) is -0.113. The van der Waals surface area contributed by atoms with E-state index in [4.69, 9.17) is 20.9 Å². The van der Waals surface area contributed by atoms with Crippen LogP contribution in [0.2, 0.25) is 0 Å². The monoisotopic (exact) mass is 325 g/mol. The summed E-state index contributed by atoms with van der Waals surface area (Å²) in [6, 6.07) is 0. The molecule has 8 heteroatoms. The van der Waals surface area contributed by atoms with Crippen LogP contribution in [-0.2, 0) is 14.1 Å². The fourth-order valence-electron chi connectivity index (χ4n) is 2.07. The van der Waals surface area contributed by atoms with Gasteiger partial charge in [0.25, 0.3) is 0 Å². The average Bonchev–Trinajstić information content (AvgIpc) is 2.68. The highest BCUT2D eigenvalue weighted by Crippen LogP contribution is 2.36. The topological polar surface area (TPSA) is 64.6 Å². The molecule has 1 aliphatic heterocycles. The number of carbonyl (C=O) groups excluding carboxylic acids is 1. The quantitative estimate of drug-likeness (QED) is 0.618. The molecule has 2 rings (SSSR count). The van der Waals surface area contributed by atoms with Gasteiger partial charge >= 0.3 is 7.12 Å². The minimum absolute atomic E-state index is 0.101. The lowest BCUT2D eigenvalue weighted by molar-refractivity contribution is -0.116. The first-order valence-electron chi connectivity index (χ1n) is 7.25. The summed E-state index contributed by atoms with van der Waals surface area (Å²) in [6.07, 6.45) is 3.24. The summed E-state index contributed by atoms with van der Waals surface area (Å²) in [4.78, 5) is 21.6. The molecule has 0 aromatic carbocycles. The smallest absolute Gasteiger partial charge is 0.399 e. The minimum Gasteiger partial charge on any atom is -0.399 e. The minimum atomic E-state index is -0.516. The molecular formula is C14H21BClN3O3. The zero-order valence-electron chi connectivity index (χ0n) is 13.6.